The molecular weight excluding hydrogens is 328 g/mol. The normalized spacial score (nSPS) is 10.9. The zero-order valence-corrected chi connectivity index (χ0v) is 15.3. The maximum atomic E-state index is 12.2. The lowest BCUT2D eigenvalue weighted by molar-refractivity contribution is 0.249. The van der Waals surface area contributed by atoms with E-state index < -0.39 is 0 Å². The molecule has 0 aromatic heterocycles. The molecule has 26 heavy (non-hydrogen) atoms. The zero-order valence-electron chi connectivity index (χ0n) is 15.3. The molecule has 136 valence electrons. The fourth-order valence-corrected chi connectivity index (χ4v) is 2.35. The van der Waals surface area contributed by atoms with Crippen LogP contribution in [0.3, 0.4) is 0 Å². The summed E-state index contributed by atoms with van der Waals surface area (Å²) in [6.45, 7) is 4.18. The van der Waals surface area contributed by atoms with Crippen LogP contribution in [0, 0.1) is 11.8 Å². The van der Waals surface area contributed by atoms with Gasteiger partial charge in [0.1, 0.15) is 6.61 Å². The average Bonchev–Trinajstić information content (AvgIpc) is 2.66. The van der Waals surface area contributed by atoms with Crippen molar-refractivity contribution in [3.05, 3.63) is 54.1 Å². The molecule has 2 aromatic carbocycles. The molecule has 1 atom stereocenters. The molecule has 2 N–H and O–H groups in total. The van der Waals surface area contributed by atoms with E-state index in [4.69, 9.17) is 9.47 Å². The van der Waals surface area contributed by atoms with Gasteiger partial charge in [0.15, 0.2) is 11.5 Å². The Bertz CT molecular complexity index is 779. The molecule has 0 aliphatic rings. The van der Waals surface area contributed by atoms with Crippen molar-refractivity contribution in [3.63, 3.8) is 0 Å². The van der Waals surface area contributed by atoms with Gasteiger partial charge >= 0.3 is 6.03 Å². The minimum Gasteiger partial charge on any atom is -0.493 e. The number of benzene rings is 2. The van der Waals surface area contributed by atoms with Gasteiger partial charge in [0, 0.05) is 18.2 Å². The van der Waals surface area contributed by atoms with Crippen LogP contribution in [-0.2, 0) is 0 Å². The Hall–Kier alpha value is -3.13. The fraction of sp³-hybridized carbons (Fsp3) is 0.286. The van der Waals surface area contributed by atoms with Gasteiger partial charge in [0.25, 0.3) is 0 Å². The highest BCUT2D eigenvalue weighted by molar-refractivity contribution is 5.89. The van der Waals surface area contributed by atoms with Crippen molar-refractivity contribution >= 4 is 11.7 Å². The van der Waals surface area contributed by atoms with Crippen LogP contribution in [0.1, 0.15) is 31.9 Å². The molecule has 0 saturated carbocycles. The zero-order chi connectivity index (χ0) is 18.8. The first kappa shape index (κ1) is 19.2. The molecular formula is C21H24N2O3. The van der Waals surface area contributed by atoms with E-state index in [2.05, 4.69) is 22.5 Å². The molecule has 1 unspecified atom stereocenters. The third-order valence-electron chi connectivity index (χ3n) is 3.67. The summed E-state index contributed by atoms with van der Waals surface area (Å²) in [7, 11) is 1.57. The van der Waals surface area contributed by atoms with Crippen LogP contribution in [0.5, 0.6) is 11.5 Å². The molecule has 5 nitrogen and oxygen atoms in total. The Morgan fingerprint density at radius 3 is 2.58 bits per heavy atom. The van der Waals surface area contributed by atoms with E-state index in [1.165, 1.54) is 0 Å². The molecule has 2 aromatic rings. The van der Waals surface area contributed by atoms with E-state index in [-0.39, 0.29) is 18.7 Å². The summed E-state index contributed by atoms with van der Waals surface area (Å²) in [6, 6.07) is 14.6. The highest BCUT2D eigenvalue weighted by Crippen LogP contribution is 2.30. The van der Waals surface area contributed by atoms with Crippen LogP contribution in [0.25, 0.3) is 0 Å². The van der Waals surface area contributed by atoms with Crippen molar-refractivity contribution in [1.29, 1.82) is 0 Å². The van der Waals surface area contributed by atoms with Gasteiger partial charge in [-0.1, -0.05) is 43.2 Å². The third kappa shape index (κ3) is 5.75. The van der Waals surface area contributed by atoms with Crippen molar-refractivity contribution in [2.24, 2.45) is 0 Å². The number of anilines is 1. The van der Waals surface area contributed by atoms with Gasteiger partial charge in [-0.05, 0) is 24.6 Å². The summed E-state index contributed by atoms with van der Waals surface area (Å²) in [5, 5.41) is 5.72. The SMILES string of the molecule is CCC#CCOc1cc(NC(=O)NC(C)c2ccccc2)ccc1OC. The van der Waals surface area contributed by atoms with E-state index in [0.29, 0.717) is 17.2 Å². The van der Waals surface area contributed by atoms with Crippen molar-refractivity contribution < 1.29 is 14.3 Å². The predicted molar refractivity (Wildman–Crippen MR) is 104 cm³/mol. The molecule has 0 aliphatic heterocycles. The summed E-state index contributed by atoms with van der Waals surface area (Å²) in [4.78, 5) is 12.2. The number of carbonyl (C=O) groups excluding carboxylic acids is 1. The Balaban J connectivity index is 2.00. The van der Waals surface area contributed by atoms with Gasteiger partial charge < -0.3 is 20.1 Å². The minimum absolute atomic E-state index is 0.102. The molecule has 2 rings (SSSR count). The highest BCUT2D eigenvalue weighted by atomic mass is 16.5. The third-order valence-corrected chi connectivity index (χ3v) is 3.67. The molecule has 0 aliphatic carbocycles. The van der Waals surface area contributed by atoms with Crippen LogP contribution in [0.4, 0.5) is 10.5 Å². The van der Waals surface area contributed by atoms with Gasteiger partial charge in [-0.15, -0.1) is 5.92 Å². The maximum Gasteiger partial charge on any atom is 0.319 e. The summed E-state index contributed by atoms with van der Waals surface area (Å²) in [6.07, 6.45) is 0.780. The van der Waals surface area contributed by atoms with E-state index in [1.807, 2.05) is 44.2 Å². The van der Waals surface area contributed by atoms with Crippen LogP contribution in [-0.4, -0.2) is 19.7 Å². The largest absolute Gasteiger partial charge is 0.493 e. The lowest BCUT2D eigenvalue weighted by Crippen LogP contribution is -2.31. The molecule has 0 bridgehead atoms. The fourth-order valence-electron chi connectivity index (χ4n) is 2.35. The van der Waals surface area contributed by atoms with Crippen LogP contribution >= 0.6 is 0 Å². The van der Waals surface area contributed by atoms with Crippen LogP contribution in [0.15, 0.2) is 48.5 Å². The Kier molecular flexibility index (Phi) is 7.38. The molecule has 0 saturated heterocycles. The number of carbonyl (C=O) groups is 1. The Labute approximate surface area is 154 Å². The second-order valence-corrected chi connectivity index (χ2v) is 5.59. The number of urea groups is 1. The van der Waals surface area contributed by atoms with E-state index in [0.717, 1.165) is 12.0 Å². The molecule has 0 spiro atoms. The second kappa shape index (κ2) is 10.00. The molecule has 0 heterocycles. The van der Waals surface area contributed by atoms with E-state index in [9.17, 15) is 4.79 Å². The number of hydrogen-bond acceptors (Lipinski definition) is 3. The Morgan fingerprint density at radius 2 is 1.88 bits per heavy atom. The summed E-state index contributed by atoms with van der Waals surface area (Å²) >= 11 is 0. The van der Waals surface area contributed by atoms with Crippen LogP contribution < -0.4 is 20.1 Å². The van der Waals surface area contributed by atoms with Gasteiger partial charge in [0.2, 0.25) is 0 Å². The van der Waals surface area contributed by atoms with Gasteiger partial charge in [0.05, 0.1) is 13.2 Å². The molecule has 2 amide bonds. The number of hydrogen-bond donors (Lipinski definition) is 2. The maximum absolute atomic E-state index is 12.2. The van der Waals surface area contributed by atoms with Crippen molar-refractivity contribution in [2.75, 3.05) is 19.0 Å². The summed E-state index contributed by atoms with van der Waals surface area (Å²) in [5.41, 5.74) is 1.65. The highest BCUT2D eigenvalue weighted by Gasteiger charge is 2.11. The standard InChI is InChI=1S/C21H24N2O3/c1-4-5-9-14-26-20-15-18(12-13-19(20)25-3)23-21(24)22-16(2)17-10-7-6-8-11-17/h6-8,10-13,15-16H,4,14H2,1-3H3,(H2,22,23,24). The van der Waals surface area contributed by atoms with Crippen molar-refractivity contribution in [1.82, 2.24) is 5.32 Å². The van der Waals surface area contributed by atoms with Gasteiger partial charge in [-0.3, -0.25) is 0 Å². The van der Waals surface area contributed by atoms with Crippen molar-refractivity contribution in [2.45, 2.75) is 26.3 Å². The summed E-state index contributed by atoms with van der Waals surface area (Å²) < 4.78 is 10.9. The molecule has 0 fully saturated rings. The van der Waals surface area contributed by atoms with Gasteiger partial charge in [-0.25, -0.2) is 4.79 Å². The van der Waals surface area contributed by atoms with Gasteiger partial charge in [-0.2, -0.15) is 0 Å². The lowest BCUT2D eigenvalue weighted by atomic mass is 10.1. The number of nitrogens with one attached hydrogen (secondary N) is 2. The lowest BCUT2D eigenvalue weighted by Gasteiger charge is -2.16. The monoisotopic (exact) mass is 352 g/mol. The first-order chi connectivity index (χ1) is 12.6. The second-order valence-electron chi connectivity index (χ2n) is 5.59. The summed E-state index contributed by atoms with van der Waals surface area (Å²) in [5.74, 6) is 6.98. The van der Waals surface area contributed by atoms with E-state index >= 15 is 0 Å². The quantitative estimate of drug-likeness (QED) is 0.759. The number of rotatable bonds is 6. The topological polar surface area (TPSA) is 59.6 Å². The first-order valence-electron chi connectivity index (χ1n) is 8.53. The molecule has 0 radical (unpaired) electrons. The predicted octanol–water partition coefficient (Wildman–Crippen LogP) is 4.37. The average molecular weight is 352 g/mol. The van der Waals surface area contributed by atoms with Crippen molar-refractivity contribution in [3.8, 4) is 23.3 Å². The number of amides is 2. The molecule has 5 heteroatoms. The number of methoxy groups -OCH3 is 1. The minimum atomic E-state index is -0.289. The Morgan fingerprint density at radius 1 is 1.12 bits per heavy atom. The first-order valence-corrected chi connectivity index (χ1v) is 8.53. The number of ether oxygens (including phenoxy) is 2. The van der Waals surface area contributed by atoms with Crippen LogP contribution in [0.2, 0.25) is 0 Å². The van der Waals surface area contributed by atoms with E-state index in [1.54, 1.807) is 25.3 Å². The smallest absolute Gasteiger partial charge is 0.319 e.